The monoisotopic (exact) mass is 240 g/mol. The van der Waals surface area contributed by atoms with E-state index in [1.165, 1.54) is 13.2 Å². The van der Waals surface area contributed by atoms with Crippen molar-refractivity contribution >= 4 is 11.9 Å². The van der Waals surface area contributed by atoms with E-state index < -0.39 is 5.97 Å². The van der Waals surface area contributed by atoms with Crippen LogP contribution in [0.5, 0.6) is 0 Å². The molecule has 0 aromatic carbocycles. The Hall–Kier alpha value is -1.85. The van der Waals surface area contributed by atoms with Crippen molar-refractivity contribution < 1.29 is 18.8 Å². The van der Waals surface area contributed by atoms with Gasteiger partial charge in [-0.25, -0.2) is 4.79 Å². The lowest BCUT2D eigenvalue weighted by Crippen LogP contribution is -2.33. The average Bonchev–Trinajstić information content (AvgIpc) is 2.84. The fourth-order valence-corrected chi connectivity index (χ4v) is 1.33. The molecule has 0 atom stereocenters. The van der Waals surface area contributed by atoms with E-state index in [1.54, 1.807) is 0 Å². The van der Waals surface area contributed by atoms with Crippen LogP contribution in [0.3, 0.4) is 0 Å². The first-order chi connectivity index (χ1) is 8.12. The quantitative estimate of drug-likeness (QED) is 0.786. The van der Waals surface area contributed by atoms with Gasteiger partial charge in [0, 0.05) is 12.1 Å². The molecule has 0 saturated carbocycles. The second-order valence-corrected chi connectivity index (χ2v) is 3.55. The smallest absolute Gasteiger partial charge is 0.360 e. The van der Waals surface area contributed by atoms with Gasteiger partial charge in [-0.15, -0.1) is 0 Å². The lowest BCUT2D eigenvalue weighted by atomic mass is 10.1. The maximum Gasteiger partial charge on any atom is 0.360 e. The molecule has 1 rings (SSSR count). The summed E-state index contributed by atoms with van der Waals surface area (Å²) in [4.78, 5) is 22.8. The Kier molecular flexibility index (Phi) is 4.68. The molecule has 0 aliphatic rings. The number of nitrogens with one attached hydrogen (secondary N) is 1. The van der Waals surface area contributed by atoms with Crippen LogP contribution in [0, 0.1) is 0 Å². The number of amides is 1. The molecular weight excluding hydrogens is 224 g/mol. The maximum absolute atomic E-state index is 11.7. The minimum absolute atomic E-state index is 0.0114. The van der Waals surface area contributed by atoms with Gasteiger partial charge in [0.2, 0.25) is 5.76 Å². The van der Waals surface area contributed by atoms with Gasteiger partial charge in [0.05, 0.1) is 7.11 Å². The van der Waals surface area contributed by atoms with Gasteiger partial charge < -0.3 is 14.6 Å². The zero-order valence-corrected chi connectivity index (χ0v) is 10.1. The van der Waals surface area contributed by atoms with Gasteiger partial charge in [0.15, 0.2) is 5.69 Å². The minimum Gasteiger partial charge on any atom is -0.464 e. The number of esters is 1. The van der Waals surface area contributed by atoms with Crippen molar-refractivity contribution in [3.8, 4) is 0 Å². The van der Waals surface area contributed by atoms with Crippen molar-refractivity contribution in [1.29, 1.82) is 0 Å². The van der Waals surface area contributed by atoms with Gasteiger partial charge >= 0.3 is 5.97 Å². The molecule has 1 aromatic heterocycles. The van der Waals surface area contributed by atoms with Crippen LogP contribution < -0.4 is 5.32 Å². The predicted octanol–water partition coefficient (Wildman–Crippen LogP) is 1.38. The van der Waals surface area contributed by atoms with Crippen LogP contribution in [-0.2, 0) is 4.74 Å². The molecule has 0 bridgehead atoms. The lowest BCUT2D eigenvalue weighted by molar-refractivity contribution is 0.0588. The number of ether oxygens (including phenoxy) is 1. The number of carbonyl (C=O) groups is 2. The van der Waals surface area contributed by atoms with E-state index in [0.29, 0.717) is 0 Å². The van der Waals surface area contributed by atoms with Crippen LogP contribution in [0.1, 0.15) is 47.7 Å². The zero-order chi connectivity index (χ0) is 12.8. The molecule has 0 radical (unpaired) electrons. The number of hydrogen-bond donors (Lipinski definition) is 1. The molecular formula is C11H16N2O4. The van der Waals surface area contributed by atoms with E-state index in [1.807, 2.05) is 13.8 Å². The molecule has 0 aliphatic heterocycles. The number of methoxy groups -OCH3 is 1. The van der Waals surface area contributed by atoms with Crippen molar-refractivity contribution in [2.75, 3.05) is 7.11 Å². The highest BCUT2D eigenvalue weighted by Gasteiger charge is 2.19. The Labute approximate surface area is 99.3 Å². The van der Waals surface area contributed by atoms with E-state index in [9.17, 15) is 9.59 Å². The second kappa shape index (κ2) is 6.03. The summed E-state index contributed by atoms with van der Waals surface area (Å²) in [6.45, 7) is 3.96. The van der Waals surface area contributed by atoms with Crippen molar-refractivity contribution in [2.24, 2.45) is 0 Å². The Balaban J connectivity index is 2.70. The molecule has 94 valence electrons. The zero-order valence-electron chi connectivity index (χ0n) is 10.1. The topological polar surface area (TPSA) is 81.4 Å². The third-order valence-electron chi connectivity index (χ3n) is 2.45. The van der Waals surface area contributed by atoms with Gasteiger partial charge in [-0.1, -0.05) is 19.0 Å². The molecule has 0 unspecified atom stereocenters. The molecule has 1 heterocycles. The molecule has 6 nitrogen and oxygen atoms in total. The summed E-state index contributed by atoms with van der Waals surface area (Å²) in [5.41, 5.74) is -0.0119. The fourth-order valence-electron chi connectivity index (χ4n) is 1.33. The fraction of sp³-hybridized carbons (Fsp3) is 0.545. The van der Waals surface area contributed by atoms with Crippen LogP contribution in [0.4, 0.5) is 0 Å². The van der Waals surface area contributed by atoms with Gasteiger partial charge in [-0.3, -0.25) is 4.79 Å². The van der Waals surface area contributed by atoms with Gasteiger partial charge in [-0.05, 0) is 12.8 Å². The summed E-state index contributed by atoms with van der Waals surface area (Å²) in [6, 6.07) is 1.36. The SMILES string of the molecule is CCC(CC)NC(=O)c1cc(C(=O)OC)no1. The summed E-state index contributed by atoms with van der Waals surface area (Å²) in [7, 11) is 1.24. The first-order valence-electron chi connectivity index (χ1n) is 5.48. The summed E-state index contributed by atoms with van der Waals surface area (Å²) in [5, 5.41) is 6.23. The molecule has 0 saturated heterocycles. The van der Waals surface area contributed by atoms with Gasteiger partial charge in [0.1, 0.15) is 0 Å². The highest BCUT2D eigenvalue weighted by Crippen LogP contribution is 2.06. The van der Waals surface area contributed by atoms with Gasteiger partial charge in [0.25, 0.3) is 5.91 Å². The van der Waals surface area contributed by atoms with E-state index >= 15 is 0 Å². The Morgan fingerprint density at radius 3 is 2.65 bits per heavy atom. The number of nitrogens with zero attached hydrogens (tertiary/aromatic N) is 1. The molecule has 1 amide bonds. The molecule has 0 fully saturated rings. The normalized spacial score (nSPS) is 10.4. The van der Waals surface area contributed by atoms with Crippen LogP contribution in [0.15, 0.2) is 10.6 Å². The maximum atomic E-state index is 11.7. The second-order valence-electron chi connectivity index (χ2n) is 3.55. The van der Waals surface area contributed by atoms with Crippen molar-refractivity contribution in [3.63, 3.8) is 0 Å². The molecule has 6 heteroatoms. The Morgan fingerprint density at radius 2 is 2.12 bits per heavy atom. The first kappa shape index (κ1) is 13.2. The largest absolute Gasteiger partial charge is 0.464 e. The van der Waals surface area contributed by atoms with E-state index in [-0.39, 0.29) is 23.4 Å². The summed E-state index contributed by atoms with van der Waals surface area (Å²) in [5.74, 6) is -0.992. The third-order valence-corrected chi connectivity index (χ3v) is 2.45. The van der Waals surface area contributed by atoms with E-state index in [4.69, 9.17) is 4.52 Å². The molecule has 0 spiro atoms. The number of hydrogen-bond acceptors (Lipinski definition) is 5. The van der Waals surface area contributed by atoms with Crippen molar-refractivity contribution in [1.82, 2.24) is 10.5 Å². The van der Waals surface area contributed by atoms with Crippen molar-refractivity contribution in [2.45, 2.75) is 32.7 Å². The highest BCUT2D eigenvalue weighted by atomic mass is 16.5. The van der Waals surface area contributed by atoms with E-state index in [2.05, 4.69) is 15.2 Å². The predicted molar refractivity (Wildman–Crippen MR) is 59.7 cm³/mol. The average molecular weight is 240 g/mol. The molecule has 1 aromatic rings. The van der Waals surface area contributed by atoms with Crippen LogP contribution in [0.2, 0.25) is 0 Å². The molecule has 17 heavy (non-hydrogen) atoms. The third kappa shape index (κ3) is 3.30. The molecule has 1 N–H and O–H groups in total. The number of carbonyl (C=O) groups excluding carboxylic acids is 2. The van der Waals surface area contributed by atoms with Crippen LogP contribution in [0.25, 0.3) is 0 Å². The molecule has 0 aliphatic carbocycles. The van der Waals surface area contributed by atoms with Crippen LogP contribution in [-0.4, -0.2) is 30.2 Å². The standard InChI is InChI=1S/C11H16N2O4/c1-4-7(5-2)12-10(14)9-6-8(13-17-9)11(15)16-3/h6-7H,4-5H2,1-3H3,(H,12,14). The summed E-state index contributed by atoms with van der Waals surface area (Å²) in [6.07, 6.45) is 1.67. The van der Waals surface area contributed by atoms with Crippen LogP contribution >= 0.6 is 0 Å². The summed E-state index contributed by atoms with van der Waals surface area (Å²) < 4.78 is 9.24. The highest BCUT2D eigenvalue weighted by molar-refractivity contribution is 5.95. The number of rotatable bonds is 5. The van der Waals surface area contributed by atoms with Gasteiger partial charge in [-0.2, -0.15) is 0 Å². The minimum atomic E-state index is -0.629. The Morgan fingerprint density at radius 1 is 1.47 bits per heavy atom. The summed E-state index contributed by atoms with van der Waals surface area (Å²) >= 11 is 0. The van der Waals surface area contributed by atoms with Crippen molar-refractivity contribution in [3.05, 3.63) is 17.5 Å². The Bertz CT molecular complexity index is 396. The van der Waals surface area contributed by atoms with E-state index in [0.717, 1.165) is 12.8 Å². The first-order valence-corrected chi connectivity index (χ1v) is 5.48. The lowest BCUT2D eigenvalue weighted by Gasteiger charge is -2.12. The number of aromatic nitrogens is 1.